The minimum atomic E-state index is -1.03. The van der Waals surface area contributed by atoms with Crippen LogP contribution in [-0.4, -0.2) is 31.7 Å². The smallest absolute Gasteiger partial charge is 0.224 e. The lowest BCUT2D eigenvalue weighted by atomic mass is 9.85. The van der Waals surface area contributed by atoms with Crippen LogP contribution >= 0.6 is 11.6 Å². The van der Waals surface area contributed by atoms with Crippen LogP contribution in [0.1, 0.15) is 34.7 Å². The molecule has 6 nitrogen and oxygen atoms in total. The van der Waals surface area contributed by atoms with E-state index in [1.54, 1.807) is 79.9 Å². The SMILES string of the molecule is COc1ccc(C(=O)C(C(=O)CCC(=O)Nc2ccc(Cl)cc2)c2ccc(OC)cc2)cc1. The number of ketones is 2. The van der Waals surface area contributed by atoms with Gasteiger partial charge in [-0.2, -0.15) is 0 Å². The lowest BCUT2D eigenvalue weighted by molar-refractivity contribution is -0.123. The summed E-state index contributed by atoms with van der Waals surface area (Å²) >= 11 is 5.86. The summed E-state index contributed by atoms with van der Waals surface area (Å²) in [5, 5.41) is 3.28. The normalized spacial score (nSPS) is 11.4. The summed E-state index contributed by atoms with van der Waals surface area (Å²) in [4.78, 5) is 38.8. The fourth-order valence-corrected chi connectivity index (χ4v) is 3.47. The van der Waals surface area contributed by atoms with Crippen LogP contribution in [0.5, 0.6) is 11.5 Å². The number of amides is 1. The van der Waals surface area contributed by atoms with Crippen molar-refractivity contribution in [1.29, 1.82) is 0 Å². The molecule has 0 saturated heterocycles. The zero-order valence-electron chi connectivity index (χ0n) is 18.3. The van der Waals surface area contributed by atoms with Crippen LogP contribution in [0.15, 0.2) is 72.8 Å². The van der Waals surface area contributed by atoms with E-state index in [-0.39, 0.29) is 30.3 Å². The Kier molecular flexibility index (Phi) is 8.22. The first-order valence-corrected chi connectivity index (χ1v) is 10.7. The number of halogens is 1. The van der Waals surface area contributed by atoms with Crippen molar-refractivity contribution in [2.45, 2.75) is 18.8 Å². The van der Waals surface area contributed by atoms with Crippen LogP contribution in [0.2, 0.25) is 5.02 Å². The second-order valence-electron chi connectivity index (χ2n) is 7.32. The lowest BCUT2D eigenvalue weighted by Crippen LogP contribution is -2.24. The Bertz CT molecular complexity index is 1110. The fraction of sp³-hybridized carbons (Fsp3) is 0.192. The van der Waals surface area contributed by atoms with Crippen LogP contribution in [-0.2, 0) is 9.59 Å². The molecule has 0 spiro atoms. The zero-order valence-corrected chi connectivity index (χ0v) is 19.1. The predicted octanol–water partition coefficient (Wildman–Crippen LogP) is 5.31. The van der Waals surface area contributed by atoms with Gasteiger partial charge in [-0.05, 0) is 66.2 Å². The topological polar surface area (TPSA) is 81.7 Å². The van der Waals surface area contributed by atoms with Crippen LogP contribution < -0.4 is 14.8 Å². The molecule has 3 rings (SSSR count). The van der Waals surface area contributed by atoms with E-state index >= 15 is 0 Å². The number of hydrogen-bond acceptors (Lipinski definition) is 5. The van der Waals surface area contributed by atoms with Gasteiger partial charge in [-0.15, -0.1) is 0 Å². The van der Waals surface area contributed by atoms with E-state index in [1.807, 2.05) is 0 Å². The standard InChI is InChI=1S/C26H24ClNO5/c1-32-21-11-3-17(4-12-21)25(26(31)18-5-13-22(33-2)14-6-18)23(29)15-16-24(30)28-20-9-7-19(27)8-10-20/h3-14,25H,15-16H2,1-2H3,(H,28,30). The highest BCUT2D eigenvalue weighted by molar-refractivity contribution is 6.30. The molecule has 0 bridgehead atoms. The Morgan fingerprint density at radius 2 is 1.33 bits per heavy atom. The van der Waals surface area contributed by atoms with Crippen molar-refractivity contribution < 1.29 is 23.9 Å². The number of hydrogen-bond donors (Lipinski definition) is 1. The van der Waals surface area contributed by atoms with Crippen LogP contribution in [0.4, 0.5) is 5.69 Å². The first kappa shape index (κ1) is 24.0. The molecule has 7 heteroatoms. The number of ether oxygens (including phenoxy) is 2. The van der Waals surface area contributed by atoms with Gasteiger partial charge in [0.25, 0.3) is 0 Å². The van der Waals surface area contributed by atoms with Crippen molar-refractivity contribution in [2.75, 3.05) is 19.5 Å². The maximum atomic E-state index is 13.3. The minimum Gasteiger partial charge on any atom is -0.497 e. The van der Waals surface area contributed by atoms with E-state index in [1.165, 1.54) is 7.11 Å². The molecule has 3 aromatic carbocycles. The molecule has 0 radical (unpaired) electrons. The molecule has 1 N–H and O–H groups in total. The summed E-state index contributed by atoms with van der Waals surface area (Å²) in [6.07, 6.45) is -0.137. The van der Waals surface area contributed by atoms with Crippen molar-refractivity contribution >= 4 is 34.8 Å². The molecule has 1 unspecified atom stereocenters. The van der Waals surface area contributed by atoms with Gasteiger partial charge in [0.15, 0.2) is 5.78 Å². The van der Waals surface area contributed by atoms with Gasteiger partial charge in [-0.25, -0.2) is 0 Å². The molecule has 1 atom stereocenters. The highest BCUT2D eigenvalue weighted by Gasteiger charge is 2.29. The molecule has 0 aromatic heterocycles. The Morgan fingerprint density at radius 3 is 1.88 bits per heavy atom. The first-order valence-electron chi connectivity index (χ1n) is 10.3. The van der Waals surface area contributed by atoms with Gasteiger partial charge >= 0.3 is 0 Å². The molecule has 170 valence electrons. The number of nitrogens with one attached hydrogen (secondary N) is 1. The van der Waals surface area contributed by atoms with E-state index in [4.69, 9.17) is 21.1 Å². The van der Waals surface area contributed by atoms with Gasteiger partial charge in [-0.3, -0.25) is 14.4 Å². The second kappa shape index (κ2) is 11.3. The highest BCUT2D eigenvalue weighted by atomic mass is 35.5. The Hall–Kier alpha value is -3.64. The maximum absolute atomic E-state index is 13.3. The molecule has 0 aliphatic carbocycles. The Balaban J connectivity index is 1.76. The minimum absolute atomic E-state index is 0.0516. The van der Waals surface area contributed by atoms with E-state index in [0.29, 0.717) is 33.3 Å². The van der Waals surface area contributed by atoms with Crippen molar-refractivity contribution in [2.24, 2.45) is 0 Å². The molecular weight excluding hydrogens is 442 g/mol. The molecule has 0 aliphatic heterocycles. The van der Waals surface area contributed by atoms with Gasteiger partial charge in [0.05, 0.1) is 14.2 Å². The first-order chi connectivity index (χ1) is 15.9. The van der Waals surface area contributed by atoms with Gasteiger partial charge in [0.2, 0.25) is 5.91 Å². The predicted molar refractivity (Wildman–Crippen MR) is 127 cm³/mol. The summed E-state index contributed by atoms with van der Waals surface area (Å²) in [5.41, 5.74) is 1.51. The Labute approximate surface area is 197 Å². The average molecular weight is 466 g/mol. The third-order valence-corrected chi connectivity index (χ3v) is 5.39. The third kappa shape index (κ3) is 6.43. The molecule has 0 heterocycles. The monoisotopic (exact) mass is 465 g/mol. The van der Waals surface area contributed by atoms with Gasteiger partial charge in [0.1, 0.15) is 23.2 Å². The van der Waals surface area contributed by atoms with Gasteiger partial charge in [-0.1, -0.05) is 23.7 Å². The van der Waals surface area contributed by atoms with Crippen molar-refractivity contribution in [3.8, 4) is 11.5 Å². The Morgan fingerprint density at radius 1 is 0.788 bits per heavy atom. The molecule has 0 aliphatic rings. The molecule has 1 amide bonds. The number of methoxy groups -OCH3 is 2. The second-order valence-corrected chi connectivity index (χ2v) is 7.76. The number of benzene rings is 3. The maximum Gasteiger partial charge on any atom is 0.224 e. The number of Topliss-reactive ketones (excluding diaryl/α,β-unsaturated/α-hetero) is 2. The van der Waals surface area contributed by atoms with Gasteiger partial charge < -0.3 is 14.8 Å². The largest absolute Gasteiger partial charge is 0.497 e. The van der Waals surface area contributed by atoms with Gasteiger partial charge in [0, 0.05) is 29.1 Å². The summed E-state index contributed by atoms with van der Waals surface area (Å²) in [6.45, 7) is 0. The molecule has 3 aromatic rings. The van der Waals surface area contributed by atoms with Crippen molar-refractivity contribution in [3.63, 3.8) is 0 Å². The summed E-state index contributed by atoms with van der Waals surface area (Å²) in [6, 6.07) is 20.0. The molecular formula is C26H24ClNO5. The summed E-state index contributed by atoms with van der Waals surface area (Å²) in [7, 11) is 3.08. The fourth-order valence-electron chi connectivity index (χ4n) is 3.34. The van der Waals surface area contributed by atoms with Crippen LogP contribution in [0, 0.1) is 0 Å². The average Bonchev–Trinajstić information content (AvgIpc) is 2.84. The molecule has 0 fully saturated rings. The molecule has 33 heavy (non-hydrogen) atoms. The van der Waals surface area contributed by atoms with E-state index in [9.17, 15) is 14.4 Å². The lowest BCUT2D eigenvalue weighted by Gasteiger charge is -2.16. The van der Waals surface area contributed by atoms with Crippen LogP contribution in [0.3, 0.4) is 0 Å². The van der Waals surface area contributed by atoms with Crippen LogP contribution in [0.25, 0.3) is 0 Å². The number of anilines is 1. The number of rotatable bonds is 10. The zero-order chi connectivity index (χ0) is 23.8. The van der Waals surface area contributed by atoms with Crippen molar-refractivity contribution in [3.05, 3.63) is 88.9 Å². The number of carbonyl (C=O) groups excluding carboxylic acids is 3. The third-order valence-electron chi connectivity index (χ3n) is 5.13. The van der Waals surface area contributed by atoms with E-state index in [2.05, 4.69) is 5.32 Å². The quantitative estimate of drug-likeness (QED) is 0.324. The number of carbonyl (C=O) groups is 3. The molecule has 0 saturated carbocycles. The van der Waals surface area contributed by atoms with E-state index < -0.39 is 5.92 Å². The summed E-state index contributed by atoms with van der Waals surface area (Å²) in [5.74, 6) is -0.816. The van der Waals surface area contributed by atoms with E-state index in [0.717, 1.165) is 0 Å². The summed E-state index contributed by atoms with van der Waals surface area (Å²) < 4.78 is 10.3. The van der Waals surface area contributed by atoms with Crippen molar-refractivity contribution in [1.82, 2.24) is 0 Å². The highest BCUT2D eigenvalue weighted by Crippen LogP contribution is 2.27.